The van der Waals surface area contributed by atoms with Gasteiger partial charge in [-0.25, -0.2) is 9.98 Å². The van der Waals surface area contributed by atoms with Gasteiger partial charge in [-0.15, -0.1) is 23.5 Å². The first-order valence-electron chi connectivity index (χ1n) is 18.9. The number of aliphatic imine (C=N–C) groups is 2. The van der Waals surface area contributed by atoms with Crippen molar-refractivity contribution in [3.05, 3.63) is 214 Å². The molecule has 1 fully saturated rings. The smallest absolute Gasteiger partial charge is 0.129 e. The molecule has 5 heteroatoms. The Hall–Kier alpha value is -5.71. The summed E-state index contributed by atoms with van der Waals surface area (Å²) >= 11 is 3.59. The molecule has 0 atom stereocenters. The van der Waals surface area contributed by atoms with Gasteiger partial charge in [0.1, 0.15) is 10.1 Å². The third-order valence-corrected chi connectivity index (χ3v) is 12.3. The Kier molecular flexibility index (Phi) is 13.4. The maximum atomic E-state index is 5.68. The minimum absolute atomic E-state index is 0. The van der Waals surface area contributed by atoms with E-state index in [1.54, 1.807) is 23.5 Å². The van der Waals surface area contributed by atoms with Crippen LogP contribution in [0.25, 0.3) is 66.8 Å². The Labute approximate surface area is 361 Å². The molecule has 286 valence electrons. The van der Waals surface area contributed by atoms with Crippen molar-refractivity contribution in [1.82, 2.24) is 0 Å². The first-order chi connectivity index (χ1) is 27.8. The van der Waals surface area contributed by atoms with E-state index in [0.29, 0.717) is 0 Å². The summed E-state index contributed by atoms with van der Waals surface area (Å²) in [6, 6.07) is 73.1. The van der Waals surface area contributed by atoms with Gasteiger partial charge in [0.05, 0.1) is 11.4 Å². The molecule has 0 aromatic heterocycles. The predicted octanol–water partition coefficient (Wildman–Crippen LogP) is 15.4. The molecule has 0 aliphatic carbocycles. The molecule has 1 heterocycles. The van der Waals surface area contributed by atoms with Crippen LogP contribution in [0.5, 0.6) is 0 Å². The van der Waals surface area contributed by atoms with Crippen LogP contribution in [0.3, 0.4) is 0 Å². The summed E-state index contributed by atoms with van der Waals surface area (Å²) in [5.74, 6) is 1.91. The van der Waals surface area contributed by atoms with Crippen molar-refractivity contribution >= 4 is 45.0 Å². The van der Waals surface area contributed by atoms with Gasteiger partial charge in [0.2, 0.25) is 0 Å². The predicted molar refractivity (Wildman–Crippen MR) is 251 cm³/mol. The molecule has 1 saturated heterocycles. The SMILES string of the molecule is [CH3-].[Ni].c1ccc(-c2cc(-c3ccccc3)c(N=C3SCCSC3=Nc3c(-c4ccccc4)cc(-c4ccccc4)cc3-c3ccccc3)c(-c3ccccc3)c2)cc1. The topological polar surface area (TPSA) is 24.7 Å². The van der Waals surface area contributed by atoms with Gasteiger partial charge in [-0.1, -0.05) is 182 Å². The molecule has 0 radical (unpaired) electrons. The molecule has 1 aliphatic heterocycles. The summed E-state index contributed by atoms with van der Waals surface area (Å²) in [6.07, 6.45) is 0. The van der Waals surface area contributed by atoms with Crippen molar-refractivity contribution in [3.8, 4) is 66.8 Å². The van der Waals surface area contributed by atoms with Crippen molar-refractivity contribution in [1.29, 1.82) is 0 Å². The molecule has 0 N–H and O–H groups in total. The van der Waals surface area contributed by atoms with Crippen LogP contribution in [0.15, 0.2) is 216 Å². The zero-order valence-corrected chi connectivity index (χ0v) is 34.7. The van der Waals surface area contributed by atoms with Crippen molar-refractivity contribution in [3.63, 3.8) is 0 Å². The normalized spacial score (nSPS) is 13.7. The van der Waals surface area contributed by atoms with Crippen LogP contribution in [-0.4, -0.2) is 21.6 Å². The van der Waals surface area contributed by atoms with E-state index in [9.17, 15) is 0 Å². The number of thioether (sulfide) groups is 2. The number of hydrogen-bond acceptors (Lipinski definition) is 4. The molecular weight excluding hydrogens is 787 g/mol. The molecule has 2 nitrogen and oxygen atoms in total. The van der Waals surface area contributed by atoms with E-state index in [1.165, 1.54) is 11.1 Å². The molecule has 0 amide bonds. The van der Waals surface area contributed by atoms with Gasteiger partial charge in [0, 0.05) is 50.3 Å². The van der Waals surface area contributed by atoms with Gasteiger partial charge in [0.25, 0.3) is 0 Å². The summed E-state index contributed by atoms with van der Waals surface area (Å²) in [4.78, 5) is 11.4. The number of nitrogens with zero attached hydrogens (tertiary/aromatic N) is 2. The quantitative estimate of drug-likeness (QED) is 0.113. The summed E-state index contributed by atoms with van der Waals surface area (Å²) in [6.45, 7) is 0. The van der Waals surface area contributed by atoms with Crippen molar-refractivity contribution in [2.75, 3.05) is 11.5 Å². The van der Waals surface area contributed by atoms with Crippen LogP contribution in [0, 0.1) is 7.43 Å². The van der Waals surface area contributed by atoms with Gasteiger partial charge in [-0.05, 0) is 68.8 Å². The number of rotatable bonds is 8. The molecule has 1 aliphatic rings. The second-order valence-electron chi connectivity index (χ2n) is 13.6. The fourth-order valence-corrected chi connectivity index (χ4v) is 9.28. The maximum Gasteiger partial charge on any atom is 0.129 e. The number of benzene rings is 8. The fraction of sp³-hybridized carbons (Fsp3) is 0.0377. The van der Waals surface area contributed by atoms with Crippen LogP contribution in [0.4, 0.5) is 11.4 Å². The fourth-order valence-electron chi connectivity index (χ4n) is 7.22. The van der Waals surface area contributed by atoms with E-state index in [-0.39, 0.29) is 23.9 Å². The average Bonchev–Trinajstić information content (AvgIpc) is 3.29. The zero-order chi connectivity index (χ0) is 37.5. The molecule has 58 heavy (non-hydrogen) atoms. The van der Waals surface area contributed by atoms with E-state index in [4.69, 9.17) is 9.98 Å². The molecule has 8 aromatic rings. The Balaban J connectivity index is 0.00000256. The first kappa shape index (κ1) is 40.5. The molecular formula is C53H41N2NiS2-. The van der Waals surface area contributed by atoms with E-state index < -0.39 is 0 Å². The van der Waals surface area contributed by atoms with Crippen LogP contribution in [0.1, 0.15) is 0 Å². The van der Waals surface area contributed by atoms with Gasteiger partial charge >= 0.3 is 0 Å². The minimum atomic E-state index is 0. The third kappa shape index (κ3) is 8.88. The first-order valence-corrected chi connectivity index (χ1v) is 20.9. The van der Waals surface area contributed by atoms with Gasteiger partial charge in [-0.2, -0.15) is 0 Å². The van der Waals surface area contributed by atoms with Crippen LogP contribution in [-0.2, 0) is 16.5 Å². The Morgan fingerprint density at radius 2 is 0.517 bits per heavy atom. The van der Waals surface area contributed by atoms with E-state index >= 15 is 0 Å². The monoisotopic (exact) mass is 827 g/mol. The summed E-state index contributed by atoms with van der Waals surface area (Å²) in [5.41, 5.74) is 15.4. The molecule has 9 rings (SSSR count). The average molecular weight is 829 g/mol. The van der Waals surface area contributed by atoms with Crippen molar-refractivity contribution in [2.24, 2.45) is 9.98 Å². The van der Waals surface area contributed by atoms with E-state index in [0.717, 1.165) is 88.6 Å². The largest absolute Gasteiger partial charge is 0.358 e. The van der Waals surface area contributed by atoms with Crippen LogP contribution < -0.4 is 0 Å². The van der Waals surface area contributed by atoms with Crippen molar-refractivity contribution in [2.45, 2.75) is 0 Å². The Bertz CT molecular complexity index is 2340. The van der Waals surface area contributed by atoms with Gasteiger partial charge in [0.15, 0.2) is 0 Å². The van der Waals surface area contributed by atoms with Crippen LogP contribution in [0.2, 0.25) is 0 Å². The summed E-state index contributed by atoms with van der Waals surface area (Å²) in [7, 11) is 0. The summed E-state index contributed by atoms with van der Waals surface area (Å²) in [5, 5.41) is 1.88. The molecule has 0 unspecified atom stereocenters. The zero-order valence-electron chi connectivity index (χ0n) is 32.1. The van der Waals surface area contributed by atoms with Gasteiger partial charge in [-0.3, -0.25) is 0 Å². The Morgan fingerprint density at radius 1 is 0.293 bits per heavy atom. The Morgan fingerprint density at radius 3 is 0.759 bits per heavy atom. The third-order valence-electron chi connectivity index (χ3n) is 9.94. The summed E-state index contributed by atoms with van der Waals surface area (Å²) < 4.78 is 0. The standard InChI is InChI=1S/C52H38N2S2.CH3.Ni/c1-7-19-37(20-8-1)43-33-45(39-23-11-3-12-24-39)49(46(34-43)40-25-13-4-14-26-40)53-51-52(56-32-31-55-51)54-50-47(41-27-15-5-16-28-41)35-44(38-21-9-2-10-22-38)36-48(50)42-29-17-6-18-30-42;;/h1-30,33-36H,31-32H2;1H3;/q;-1;. The van der Waals surface area contributed by atoms with E-state index in [1.807, 2.05) is 0 Å². The second kappa shape index (κ2) is 19.2. The van der Waals surface area contributed by atoms with Gasteiger partial charge < -0.3 is 7.43 Å². The second-order valence-corrected chi connectivity index (χ2v) is 15.7. The minimum Gasteiger partial charge on any atom is -0.358 e. The van der Waals surface area contributed by atoms with E-state index in [2.05, 4.69) is 206 Å². The molecule has 0 bridgehead atoms. The molecule has 0 saturated carbocycles. The maximum absolute atomic E-state index is 5.68. The molecule has 0 spiro atoms. The van der Waals surface area contributed by atoms with Crippen molar-refractivity contribution < 1.29 is 16.5 Å². The molecule has 8 aromatic carbocycles. The number of hydrogen-bond donors (Lipinski definition) is 0. The van der Waals surface area contributed by atoms with Crippen LogP contribution >= 0.6 is 23.5 Å².